The number of aliphatic imine (C=N–C) groups is 1. The van der Waals surface area contributed by atoms with E-state index in [1.165, 1.54) is 25.3 Å². The van der Waals surface area contributed by atoms with E-state index in [9.17, 15) is 14.9 Å². The van der Waals surface area contributed by atoms with Crippen molar-refractivity contribution in [1.29, 1.82) is 0 Å². The van der Waals surface area contributed by atoms with E-state index in [1.807, 2.05) is 0 Å². The molecule has 0 saturated carbocycles. The van der Waals surface area contributed by atoms with Crippen molar-refractivity contribution in [2.75, 3.05) is 7.11 Å². The molecular weight excluding hydrogens is 388 g/mol. The summed E-state index contributed by atoms with van der Waals surface area (Å²) in [6, 6.07) is 17.7. The Hall–Kier alpha value is -4.20. The minimum Gasteiger partial charge on any atom is -0.493 e. The van der Waals surface area contributed by atoms with Gasteiger partial charge in [0, 0.05) is 18.3 Å². The van der Waals surface area contributed by atoms with Crippen molar-refractivity contribution in [2.24, 2.45) is 4.99 Å². The Bertz CT molecular complexity index is 1090. The number of benzene rings is 3. The number of methoxy groups -OCH3 is 1. The minimum absolute atomic E-state index is 0.00557. The van der Waals surface area contributed by atoms with Crippen LogP contribution < -0.4 is 9.47 Å². The summed E-state index contributed by atoms with van der Waals surface area (Å²) in [5.41, 5.74) is 2.26. The molecule has 0 aliphatic carbocycles. The van der Waals surface area contributed by atoms with Crippen LogP contribution in [0.25, 0.3) is 0 Å². The predicted molar refractivity (Wildman–Crippen MR) is 111 cm³/mol. The van der Waals surface area contributed by atoms with E-state index in [0.29, 0.717) is 17.2 Å². The highest BCUT2D eigenvalue weighted by Gasteiger charge is 2.08. The molecule has 1 N–H and O–H groups in total. The SMILES string of the molecule is COc1cc(C=Nc2ccc([N+](=O)[O-])cc2)ccc1OCc1cccc(C(=O)O)c1. The van der Waals surface area contributed by atoms with Gasteiger partial charge in [0.1, 0.15) is 6.61 Å². The van der Waals surface area contributed by atoms with Gasteiger partial charge < -0.3 is 14.6 Å². The van der Waals surface area contributed by atoms with Crippen LogP contribution in [0.4, 0.5) is 11.4 Å². The fourth-order valence-electron chi connectivity index (χ4n) is 2.65. The second kappa shape index (κ2) is 9.33. The molecule has 0 aromatic heterocycles. The molecule has 8 nitrogen and oxygen atoms in total. The molecule has 30 heavy (non-hydrogen) atoms. The van der Waals surface area contributed by atoms with E-state index in [1.54, 1.807) is 54.7 Å². The van der Waals surface area contributed by atoms with Crippen LogP contribution in [0.1, 0.15) is 21.5 Å². The third-order valence-electron chi connectivity index (χ3n) is 4.18. The summed E-state index contributed by atoms with van der Waals surface area (Å²) in [5.74, 6) is 0.00819. The average molecular weight is 406 g/mol. The van der Waals surface area contributed by atoms with Crippen molar-refractivity contribution in [3.05, 3.63) is 93.5 Å². The lowest BCUT2D eigenvalue weighted by atomic mass is 10.1. The number of non-ortho nitro benzene ring substituents is 1. The predicted octanol–water partition coefficient (Wildman–Crippen LogP) is 4.63. The Labute approximate surface area is 172 Å². The van der Waals surface area contributed by atoms with Gasteiger partial charge in [0.2, 0.25) is 0 Å². The quantitative estimate of drug-likeness (QED) is 0.332. The number of hydrogen-bond donors (Lipinski definition) is 1. The maximum Gasteiger partial charge on any atom is 0.335 e. The Balaban J connectivity index is 1.70. The van der Waals surface area contributed by atoms with Crippen LogP contribution in [-0.4, -0.2) is 29.3 Å². The first-order chi connectivity index (χ1) is 14.5. The molecule has 0 spiro atoms. The Morgan fingerprint density at radius 1 is 1.10 bits per heavy atom. The van der Waals surface area contributed by atoms with Gasteiger partial charge in [0.25, 0.3) is 5.69 Å². The number of carboxylic acid groups (broad SMARTS) is 1. The number of nitrogens with zero attached hydrogens (tertiary/aromatic N) is 2. The van der Waals surface area contributed by atoms with Gasteiger partial charge in [0.05, 0.1) is 23.3 Å². The molecule has 0 amide bonds. The van der Waals surface area contributed by atoms with Crippen LogP contribution in [0, 0.1) is 10.1 Å². The van der Waals surface area contributed by atoms with Crippen molar-refractivity contribution >= 4 is 23.6 Å². The zero-order valence-electron chi connectivity index (χ0n) is 16.0. The van der Waals surface area contributed by atoms with E-state index >= 15 is 0 Å². The molecule has 0 saturated heterocycles. The maximum absolute atomic E-state index is 11.1. The van der Waals surface area contributed by atoms with E-state index in [2.05, 4.69) is 4.99 Å². The van der Waals surface area contributed by atoms with Crippen molar-refractivity contribution in [3.8, 4) is 11.5 Å². The molecule has 0 aliphatic rings. The van der Waals surface area contributed by atoms with E-state index in [0.717, 1.165) is 11.1 Å². The summed E-state index contributed by atoms with van der Waals surface area (Å²) in [4.78, 5) is 25.6. The lowest BCUT2D eigenvalue weighted by molar-refractivity contribution is -0.384. The summed E-state index contributed by atoms with van der Waals surface area (Å²) in [7, 11) is 1.52. The van der Waals surface area contributed by atoms with Crippen molar-refractivity contribution in [1.82, 2.24) is 0 Å². The van der Waals surface area contributed by atoms with Crippen LogP contribution >= 0.6 is 0 Å². The summed E-state index contributed by atoms with van der Waals surface area (Å²) in [5, 5.41) is 19.8. The van der Waals surface area contributed by atoms with Crippen LogP contribution in [0.2, 0.25) is 0 Å². The number of carbonyl (C=O) groups is 1. The first-order valence-corrected chi connectivity index (χ1v) is 8.88. The second-order valence-electron chi connectivity index (χ2n) is 6.24. The van der Waals surface area contributed by atoms with Gasteiger partial charge in [-0.2, -0.15) is 0 Å². The van der Waals surface area contributed by atoms with Gasteiger partial charge in [-0.05, 0) is 53.6 Å². The lowest BCUT2D eigenvalue weighted by Gasteiger charge is -2.11. The number of hydrogen-bond acceptors (Lipinski definition) is 6. The molecule has 0 heterocycles. The number of ether oxygens (including phenoxy) is 2. The third-order valence-corrected chi connectivity index (χ3v) is 4.18. The van der Waals surface area contributed by atoms with Crippen molar-refractivity contribution in [3.63, 3.8) is 0 Å². The van der Waals surface area contributed by atoms with Gasteiger partial charge in [-0.1, -0.05) is 12.1 Å². The number of aromatic carboxylic acids is 1. The molecule has 8 heteroatoms. The zero-order valence-corrected chi connectivity index (χ0v) is 16.0. The molecule has 0 unspecified atom stereocenters. The highest BCUT2D eigenvalue weighted by molar-refractivity contribution is 5.87. The molecule has 152 valence electrons. The summed E-state index contributed by atoms with van der Waals surface area (Å²) in [6.07, 6.45) is 1.61. The molecule has 3 aromatic rings. The molecule has 0 radical (unpaired) electrons. The molecule has 3 aromatic carbocycles. The molecule has 0 fully saturated rings. The minimum atomic E-state index is -0.994. The Kier molecular flexibility index (Phi) is 6.39. The first-order valence-electron chi connectivity index (χ1n) is 8.88. The van der Waals surface area contributed by atoms with Gasteiger partial charge in [-0.3, -0.25) is 15.1 Å². The molecular formula is C22H18N2O6. The van der Waals surface area contributed by atoms with E-state index in [4.69, 9.17) is 14.6 Å². The van der Waals surface area contributed by atoms with Crippen LogP contribution in [0.3, 0.4) is 0 Å². The highest BCUT2D eigenvalue weighted by Crippen LogP contribution is 2.29. The number of nitro groups is 1. The Morgan fingerprint density at radius 3 is 2.53 bits per heavy atom. The smallest absolute Gasteiger partial charge is 0.335 e. The monoisotopic (exact) mass is 406 g/mol. The van der Waals surface area contributed by atoms with E-state index in [-0.39, 0.29) is 17.9 Å². The maximum atomic E-state index is 11.1. The highest BCUT2D eigenvalue weighted by atomic mass is 16.6. The standard InChI is InChI=1S/C22H18N2O6/c1-29-21-12-15(13-23-18-6-8-19(9-7-18)24(27)28)5-10-20(21)30-14-16-3-2-4-17(11-16)22(25)26/h2-13H,14H2,1H3,(H,25,26). The average Bonchev–Trinajstić information content (AvgIpc) is 2.76. The summed E-state index contributed by atoms with van der Waals surface area (Å²) in [6.45, 7) is 0.188. The van der Waals surface area contributed by atoms with Gasteiger partial charge in [-0.15, -0.1) is 0 Å². The summed E-state index contributed by atoms with van der Waals surface area (Å²) < 4.78 is 11.2. The molecule has 0 aliphatic heterocycles. The lowest BCUT2D eigenvalue weighted by Crippen LogP contribution is -2.01. The van der Waals surface area contributed by atoms with Crippen molar-refractivity contribution in [2.45, 2.75) is 6.61 Å². The number of rotatable bonds is 8. The van der Waals surface area contributed by atoms with Crippen LogP contribution in [-0.2, 0) is 6.61 Å². The largest absolute Gasteiger partial charge is 0.493 e. The molecule has 0 atom stereocenters. The van der Waals surface area contributed by atoms with Gasteiger partial charge in [0.15, 0.2) is 11.5 Å². The Morgan fingerprint density at radius 2 is 1.87 bits per heavy atom. The molecule has 0 bridgehead atoms. The fraction of sp³-hybridized carbons (Fsp3) is 0.0909. The number of carboxylic acids is 1. The normalized spacial score (nSPS) is 10.7. The fourth-order valence-corrected chi connectivity index (χ4v) is 2.65. The van der Waals surface area contributed by atoms with Gasteiger partial charge >= 0.3 is 5.97 Å². The van der Waals surface area contributed by atoms with E-state index < -0.39 is 10.9 Å². The third kappa shape index (κ3) is 5.20. The second-order valence-corrected chi connectivity index (χ2v) is 6.24. The summed E-state index contributed by atoms with van der Waals surface area (Å²) >= 11 is 0. The zero-order chi connectivity index (χ0) is 21.5. The van der Waals surface area contributed by atoms with Crippen molar-refractivity contribution < 1.29 is 24.3 Å². The topological polar surface area (TPSA) is 111 Å². The van der Waals surface area contributed by atoms with Gasteiger partial charge in [-0.25, -0.2) is 4.79 Å². The number of nitro benzene ring substituents is 1. The van der Waals surface area contributed by atoms with Crippen LogP contribution in [0.15, 0.2) is 71.7 Å². The van der Waals surface area contributed by atoms with Crippen LogP contribution in [0.5, 0.6) is 11.5 Å². The first kappa shape index (κ1) is 20.5. The molecule has 3 rings (SSSR count).